The number of amides is 1. The molecule has 138 valence electrons. The quantitative estimate of drug-likeness (QED) is 0.677. The third kappa shape index (κ3) is 8.23. The largest absolute Gasteiger partial charge is 0.473 e. The summed E-state index contributed by atoms with van der Waals surface area (Å²) in [6.45, 7) is 7.48. The van der Waals surface area contributed by atoms with Crippen LogP contribution >= 0.6 is 0 Å². The lowest BCUT2D eigenvalue weighted by Crippen LogP contribution is -2.48. The zero-order valence-corrected chi connectivity index (χ0v) is 13.9. The Labute approximate surface area is 144 Å². The Morgan fingerprint density at radius 1 is 1.00 bits per heavy atom. The molecule has 0 aromatic heterocycles. The number of carbonyl (C=O) groups is 3. The molecular formula is C16H22FN3O5. The van der Waals surface area contributed by atoms with Crippen molar-refractivity contribution in [3.63, 3.8) is 0 Å². The molecule has 1 aliphatic heterocycles. The number of halogens is 1. The molecule has 9 heteroatoms. The van der Waals surface area contributed by atoms with Gasteiger partial charge in [0.05, 0.1) is 6.54 Å². The van der Waals surface area contributed by atoms with E-state index < -0.39 is 11.9 Å². The van der Waals surface area contributed by atoms with E-state index in [1.165, 1.54) is 12.1 Å². The van der Waals surface area contributed by atoms with Gasteiger partial charge in [0.2, 0.25) is 5.91 Å². The fourth-order valence-electron chi connectivity index (χ4n) is 2.20. The Morgan fingerprint density at radius 2 is 1.48 bits per heavy atom. The third-order valence-electron chi connectivity index (χ3n) is 3.59. The molecular weight excluding hydrogens is 333 g/mol. The van der Waals surface area contributed by atoms with E-state index in [0.717, 1.165) is 32.7 Å². The minimum atomic E-state index is -1.82. The van der Waals surface area contributed by atoms with Crippen LogP contribution in [0.25, 0.3) is 0 Å². The Morgan fingerprint density at radius 3 is 1.92 bits per heavy atom. The second-order valence-electron chi connectivity index (χ2n) is 5.38. The molecule has 3 N–H and O–H groups in total. The number of carbonyl (C=O) groups excluding carboxylic acids is 1. The number of carboxylic acids is 2. The normalized spacial score (nSPS) is 15.0. The molecule has 1 aromatic carbocycles. The highest BCUT2D eigenvalue weighted by Gasteiger charge is 2.17. The highest BCUT2D eigenvalue weighted by Crippen LogP contribution is 2.08. The van der Waals surface area contributed by atoms with E-state index in [9.17, 15) is 9.18 Å². The number of rotatable bonds is 4. The van der Waals surface area contributed by atoms with Gasteiger partial charge in [-0.2, -0.15) is 0 Å². The zero-order valence-electron chi connectivity index (χ0n) is 13.9. The van der Waals surface area contributed by atoms with Gasteiger partial charge < -0.3 is 20.4 Å². The summed E-state index contributed by atoms with van der Waals surface area (Å²) in [5, 5.41) is 17.6. The first-order valence-corrected chi connectivity index (χ1v) is 7.78. The van der Waals surface area contributed by atoms with Crippen LogP contribution in [0.4, 0.5) is 10.1 Å². The number of nitrogens with zero attached hydrogens (tertiary/aromatic N) is 2. The maximum atomic E-state index is 12.7. The lowest BCUT2D eigenvalue weighted by atomic mass is 10.3. The fraction of sp³-hybridized carbons (Fsp3) is 0.438. The van der Waals surface area contributed by atoms with Crippen LogP contribution in [0.3, 0.4) is 0 Å². The van der Waals surface area contributed by atoms with E-state index >= 15 is 0 Å². The molecule has 2 rings (SSSR count). The molecule has 0 saturated carbocycles. The average molecular weight is 355 g/mol. The Balaban J connectivity index is 0.000000450. The molecule has 1 amide bonds. The summed E-state index contributed by atoms with van der Waals surface area (Å²) in [5.74, 6) is -3.99. The highest BCUT2D eigenvalue weighted by atomic mass is 19.1. The number of hydrogen-bond donors (Lipinski definition) is 3. The van der Waals surface area contributed by atoms with Crippen LogP contribution in [-0.2, 0) is 14.4 Å². The monoisotopic (exact) mass is 355 g/mol. The van der Waals surface area contributed by atoms with Gasteiger partial charge in [0.25, 0.3) is 0 Å². The van der Waals surface area contributed by atoms with Crippen molar-refractivity contribution in [3.05, 3.63) is 30.1 Å². The van der Waals surface area contributed by atoms with E-state index in [2.05, 4.69) is 22.0 Å². The van der Waals surface area contributed by atoms with E-state index in [1.807, 2.05) is 0 Å². The molecule has 25 heavy (non-hydrogen) atoms. The van der Waals surface area contributed by atoms with Crippen LogP contribution in [-0.4, -0.2) is 77.1 Å². The van der Waals surface area contributed by atoms with Gasteiger partial charge in [-0.3, -0.25) is 9.69 Å². The number of aliphatic carboxylic acids is 2. The van der Waals surface area contributed by atoms with Gasteiger partial charge in [-0.1, -0.05) is 6.92 Å². The van der Waals surface area contributed by atoms with Crippen LogP contribution in [0.5, 0.6) is 0 Å². The van der Waals surface area contributed by atoms with Crippen molar-refractivity contribution in [2.75, 3.05) is 44.6 Å². The van der Waals surface area contributed by atoms with Gasteiger partial charge in [-0.05, 0) is 30.8 Å². The summed E-state index contributed by atoms with van der Waals surface area (Å²) in [6.07, 6.45) is 0. The van der Waals surface area contributed by atoms with Crippen molar-refractivity contribution in [1.29, 1.82) is 0 Å². The predicted molar refractivity (Wildman–Crippen MR) is 88.9 cm³/mol. The number of hydrogen-bond acceptors (Lipinski definition) is 5. The molecule has 1 aliphatic rings. The minimum absolute atomic E-state index is 0.0449. The van der Waals surface area contributed by atoms with E-state index in [1.54, 1.807) is 12.1 Å². The van der Waals surface area contributed by atoms with Gasteiger partial charge in [0.1, 0.15) is 5.82 Å². The number of anilines is 1. The molecule has 8 nitrogen and oxygen atoms in total. The number of benzene rings is 1. The second-order valence-corrected chi connectivity index (χ2v) is 5.38. The van der Waals surface area contributed by atoms with Gasteiger partial charge in [0, 0.05) is 31.9 Å². The van der Waals surface area contributed by atoms with Crippen molar-refractivity contribution in [2.24, 2.45) is 0 Å². The van der Waals surface area contributed by atoms with Crippen LogP contribution in [0.1, 0.15) is 6.92 Å². The summed E-state index contributed by atoms with van der Waals surface area (Å²) >= 11 is 0. The standard InChI is InChI=1S/C14H20FN3O.C2H2O4/c1-2-17-7-9-18(10-8-17)11-14(19)16-13-5-3-12(15)4-6-13;3-1(4)2(5)6/h3-6H,2,7-11H2,1H3,(H,16,19);(H,3,4)(H,5,6). The topological polar surface area (TPSA) is 110 Å². The molecule has 1 heterocycles. The van der Waals surface area contributed by atoms with E-state index in [0.29, 0.717) is 12.2 Å². The number of likely N-dealkylation sites (N-methyl/N-ethyl adjacent to an activating group) is 1. The molecule has 1 aromatic rings. The predicted octanol–water partition coefficient (Wildman–Crippen LogP) is 0.557. The Kier molecular flexibility index (Phi) is 8.51. The van der Waals surface area contributed by atoms with Crippen molar-refractivity contribution in [1.82, 2.24) is 9.80 Å². The summed E-state index contributed by atoms with van der Waals surface area (Å²) in [5.41, 5.74) is 0.638. The smallest absolute Gasteiger partial charge is 0.414 e. The lowest BCUT2D eigenvalue weighted by molar-refractivity contribution is -0.159. The van der Waals surface area contributed by atoms with Crippen LogP contribution in [0.15, 0.2) is 24.3 Å². The third-order valence-corrected chi connectivity index (χ3v) is 3.59. The second kappa shape index (κ2) is 10.4. The van der Waals surface area contributed by atoms with E-state index in [-0.39, 0.29) is 11.7 Å². The Bertz CT molecular complexity index is 574. The fourth-order valence-corrected chi connectivity index (χ4v) is 2.20. The van der Waals surface area contributed by atoms with Crippen molar-refractivity contribution in [3.8, 4) is 0 Å². The van der Waals surface area contributed by atoms with Crippen LogP contribution in [0.2, 0.25) is 0 Å². The van der Waals surface area contributed by atoms with Crippen LogP contribution in [0, 0.1) is 5.82 Å². The molecule has 0 atom stereocenters. The molecule has 0 spiro atoms. The number of nitrogens with one attached hydrogen (secondary N) is 1. The summed E-state index contributed by atoms with van der Waals surface area (Å²) < 4.78 is 12.7. The SMILES string of the molecule is CCN1CCN(CC(=O)Nc2ccc(F)cc2)CC1.O=C(O)C(=O)O. The van der Waals surface area contributed by atoms with Crippen molar-refractivity contribution >= 4 is 23.5 Å². The van der Waals surface area contributed by atoms with Crippen molar-refractivity contribution in [2.45, 2.75) is 6.92 Å². The Hall–Kier alpha value is -2.52. The van der Waals surface area contributed by atoms with Gasteiger partial charge >= 0.3 is 11.9 Å². The number of carboxylic acid groups (broad SMARTS) is 2. The molecule has 0 aliphatic carbocycles. The van der Waals surface area contributed by atoms with Gasteiger partial charge in [-0.15, -0.1) is 0 Å². The molecule has 0 bridgehead atoms. The summed E-state index contributed by atoms with van der Waals surface area (Å²) in [7, 11) is 0. The van der Waals surface area contributed by atoms with Gasteiger partial charge in [0.15, 0.2) is 0 Å². The highest BCUT2D eigenvalue weighted by molar-refractivity contribution is 6.27. The first kappa shape index (κ1) is 20.5. The lowest BCUT2D eigenvalue weighted by Gasteiger charge is -2.33. The van der Waals surface area contributed by atoms with Gasteiger partial charge in [-0.25, -0.2) is 14.0 Å². The first-order valence-electron chi connectivity index (χ1n) is 7.78. The molecule has 0 radical (unpaired) electrons. The maximum Gasteiger partial charge on any atom is 0.414 e. The number of piperazine rings is 1. The zero-order chi connectivity index (χ0) is 18.8. The minimum Gasteiger partial charge on any atom is -0.473 e. The molecule has 1 saturated heterocycles. The van der Waals surface area contributed by atoms with E-state index in [4.69, 9.17) is 19.8 Å². The summed E-state index contributed by atoms with van der Waals surface area (Å²) in [4.78, 5) is 34.6. The van der Waals surface area contributed by atoms with Crippen LogP contribution < -0.4 is 5.32 Å². The molecule has 1 fully saturated rings. The van der Waals surface area contributed by atoms with Crippen molar-refractivity contribution < 1.29 is 29.0 Å². The maximum absolute atomic E-state index is 12.7. The molecule has 0 unspecified atom stereocenters. The average Bonchev–Trinajstić information content (AvgIpc) is 2.58. The first-order chi connectivity index (χ1) is 11.8. The summed E-state index contributed by atoms with van der Waals surface area (Å²) in [6, 6.07) is 5.83.